The number of sulfonamides is 1. The van der Waals surface area contributed by atoms with Crippen LogP contribution in [0.4, 0.5) is 0 Å². The average Bonchev–Trinajstić information content (AvgIpc) is 2.98. The van der Waals surface area contributed by atoms with Gasteiger partial charge in [-0.1, -0.05) is 12.8 Å². The molecule has 0 spiro atoms. The molecule has 100 valence electrons. The van der Waals surface area contributed by atoms with Gasteiger partial charge in [0.1, 0.15) is 0 Å². The largest absolute Gasteiger partial charge is 0.396 e. The predicted molar refractivity (Wildman–Crippen MR) is 67.1 cm³/mol. The number of rotatable bonds is 7. The first-order valence-corrected chi connectivity index (χ1v) is 8.37. The third-order valence-corrected chi connectivity index (χ3v) is 5.46. The lowest BCUT2D eigenvalue weighted by atomic mass is 10.1. The summed E-state index contributed by atoms with van der Waals surface area (Å²) in [6.07, 6.45) is 7.18. The van der Waals surface area contributed by atoms with Gasteiger partial charge in [0.25, 0.3) is 0 Å². The highest BCUT2D eigenvalue weighted by atomic mass is 32.2. The predicted octanol–water partition coefficient (Wildman–Crippen LogP) is 1.26. The smallest absolute Gasteiger partial charge is 0.212 e. The Kier molecular flexibility index (Phi) is 4.44. The number of hydrogen-bond acceptors (Lipinski definition) is 3. The Hall–Kier alpha value is -0.130. The van der Waals surface area contributed by atoms with Crippen LogP contribution in [0, 0.1) is 11.8 Å². The molecular weight excluding hydrogens is 238 g/mol. The minimum atomic E-state index is -3.15. The zero-order valence-electron chi connectivity index (χ0n) is 10.3. The quantitative estimate of drug-likeness (QED) is 0.725. The minimum Gasteiger partial charge on any atom is -0.396 e. The van der Waals surface area contributed by atoms with E-state index in [2.05, 4.69) is 4.72 Å². The van der Waals surface area contributed by atoms with E-state index < -0.39 is 10.0 Å². The molecule has 17 heavy (non-hydrogen) atoms. The van der Waals surface area contributed by atoms with E-state index in [4.69, 9.17) is 5.11 Å². The summed E-state index contributed by atoms with van der Waals surface area (Å²) in [5.74, 6) is 1.09. The van der Waals surface area contributed by atoms with Gasteiger partial charge in [-0.2, -0.15) is 0 Å². The molecule has 2 aliphatic rings. The maximum atomic E-state index is 12.0. The van der Waals surface area contributed by atoms with E-state index >= 15 is 0 Å². The number of aliphatic hydroxyl groups excluding tert-OH is 1. The van der Waals surface area contributed by atoms with Gasteiger partial charge < -0.3 is 5.11 Å². The van der Waals surface area contributed by atoms with Crippen molar-refractivity contribution in [3.8, 4) is 0 Å². The van der Waals surface area contributed by atoms with E-state index in [-0.39, 0.29) is 18.4 Å². The van der Waals surface area contributed by atoms with Crippen molar-refractivity contribution in [1.29, 1.82) is 0 Å². The first-order chi connectivity index (χ1) is 8.11. The molecule has 1 atom stereocenters. The Morgan fingerprint density at radius 1 is 1.18 bits per heavy atom. The Bertz CT molecular complexity index is 332. The molecule has 2 saturated carbocycles. The number of aliphatic hydroxyl groups is 1. The molecule has 0 aromatic heterocycles. The Morgan fingerprint density at radius 2 is 1.82 bits per heavy atom. The molecule has 0 amide bonds. The molecule has 2 rings (SSSR count). The van der Waals surface area contributed by atoms with Crippen LogP contribution >= 0.6 is 0 Å². The summed E-state index contributed by atoms with van der Waals surface area (Å²) >= 11 is 0. The van der Waals surface area contributed by atoms with Gasteiger partial charge in [-0.3, -0.25) is 0 Å². The summed E-state index contributed by atoms with van der Waals surface area (Å²) < 4.78 is 26.8. The average molecular weight is 261 g/mol. The van der Waals surface area contributed by atoms with Crippen LogP contribution in [0.5, 0.6) is 0 Å². The summed E-state index contributed by atoms with van der Waals surface area (Å²) in [6, 6.07) is -0.0357. The van der Waals surface area contributed by atoms with Crippen molar-refractivity contribution in [2.45, 2.75) is 51.0 Å². The molecule has 0 saturated heterocycles. The maximum Gasteiger partial charge on any atom is 0.212 e. The van der Waals surface area contributed by atoms with Crippen molar-refractivity contribution in [3.63, 3.8) is 0 Å². The van der Waals surface area contributed by atoms with Gasteiger partial charge in [0.15, 0.2) is 0 Å². The lowest BCUT2D eigenvalue weighted by Gasteiger charge is -2.18. The summed E-state index contributed by atoms with van der Waals surface area (Å²) in [5.41, 5.74) is 0. The van der Waals surface area contributed by atoms with E-state index in [1.165, 1.54) is 12.8 Å². The second-order valence-electron chi connectivity index (χ2n) is 5.51. The van der Waals surface area contributed by atoms with Crippen LogP contribution in [0.15, 0.2) is 0 Å². The maximum absolute atomic E-state index is 12.0. The third-order valence-electron chi connectivity index (χ3n) is 3.89. The highest BCUT2D eigenvalue weighted by Gasteiger charge is 2.34. The monoisotopic (exact) mass is 261 g/mol. The van der Waals surface area contributed by atoms with E-state index in [1.54, 1.807) is 0 Å². The molecule has 2 N–H and O–H groups in total. The topological polar surface area (TPSA) is 66.4 Å². The van der Waals surface area contributed by atoms with Gasteiger partial charge in [-0.05, 0) is 43.9 Å². The summed E-state index contributed by atoms with van der Waals surface area (Å²) in [4.78, 5) is 0. The molecule has 4 nitrogen and oxygen atoms in total. The fraction of sp³-hybridized carbons (Fsp3) is 1.00. The molecule has 2 aliphatic carbocycles. The highest BCUT2D eigenvalue weighted by molar-refractivity contribution is 7.89. The fourth-order valence-electron chi connectivity index (χ4n) is 2.79. The molecule has 5 heteroatoms. The third kappa shape index (κ3) is 4.23. The van der Waals surface area contributed by atoms with Crippen molar-refractivity contribution in [2.75, 3.05) is 12.4 Å². The lowest BCUT2D eigenvalue weighted by Crippen LogP contribution is -2.39. The minimum absolute atomic E-state index is 0.0357. The number of nitrogens with one attached hydrogen (secondary N) is 1. The van der Waals surface area contributed by atoms with Gasteiger partial charge in [0, 0.05) is 12.6 Å². The van der Waals surface area contributed by atoms with Crippen LogP contribution in [-0.2, 0) is 10.0 Å². The highest BCUT2D eigenvalue weighted by Crippen LogP contribution is 2.34. The number of hydrogen-bond donors (Lipinski definition) is 2. The zero-order chi connectivity index (χ0) is 12.3. The molecule has 1 unspecified atom stereocenters. The van der Waals surface area contributed by atoms with E-state index in [9.17, 15) is 8.42 Å². The van der Waals surface area contributed by atoms with Gasteiger partial charge in [-0.15, -0.1) is 0 Å². The van der Waals surface area contributed by atoms with Gasteiger partial charge in [0.05, 0.1) is 5.75 Å². The van der Waals surface area contributed by atoms with Crippen molar-refractivity contribution >= 4 is 10.0 Å². The standard InChI is InChI=1S/C12H23NO3S/c14-8-7-12(11-5-6-11)13-17(15,16)9-10-3-1-2-4-10/h10-14H,1-9H2. The molecular formula is C12H23NO3S. The Balaban J connectivity index is 1.85. The van der Waals surface area contributed by atoms with Crippen molar-refractivity contribution < 1.29 is 13.5 Å². The molecule has 0 aliphatic heterocycles. The molecule has 0 heterocycles. The van der Waals surface area contributed by atoms with Gasteiger partial charge >= 0.3 is 0 Å². The molecule has 0 aromatic carbocycles. The molecule has 2 fully saturated rings. The first kappa shape index (κ1) is 13.3. The van der Waals surface area contributed by atoms with Crippen LogP contribution in [0.1, 0.15) is 44.9 Å². The Morgan fingerprint density at radius 3 is 2.35 bits per heavy atom. The van der Waals surface area contributed by atoms with Gasteiger partial charge in [-0.25, -0.2) is 13.1 Å². The normalized spacial score (nSPS) is 24.1. The molecule has 0 radical (unpaired) electrons. The van der Waals surface area contributed by atoms with Crippen LogP contribution in [-0.4, -0.2) is 31.9 Å². The summed E-state index contributed by atoms with van der Waals surface area (Å²) in [7, 11) is -3.15. The van der Waals surface area contributed by atoms with E-state index in [1.807, 2.05) is 0 Å². The van der Waals surface area contributed by atoms with E-state index in [0.29, 0.717) is 18.3 Å². The first-order valence-electron chi connectivity index (χ1n) is 6.71. The summed E-state index contributed by atoms with van der Waals surface area (Å²) in [6.45, 7) is 0.0626. The fourth-order valence-corrected chi connectivity index (χ4v) is 4.62. The zero-order valence-corrected chi connectivity index (χ0v) is 11.1. The van der Waals surface area contributed by atoms with Crippen molar-refractivity contribution in [1.82, 2.24) is 4.72 Å². The van der Waals surface area contributed by atoms with Crippen molar-refractivity contribution in [3.05, 3.63) is 0 Å². The SMILES string of the molecule is O=S(=O)(CC1CCCC1)NC(CCO)C1CC1. The van der Waals surface area contributed by atoms with Crippen LogP contribution in [0.25, 0.3) is 0 Å². The molecule has 0 bridgehead atoms. The van der Waals surface area contributed by atoms with E-state index in [0.717, 1.165) is 25.7 Å². The lowest BCUT2D eigenvalue weighted by molar-refractivity contribution is 0.265. The van der Waals surface area contributed by atoms with Crippen molar-refractivity contribution in [2.24, 2.45) is 11.8 Å². The van der Waals surface area contributed by atoms with Crippen LogP contribution < -0.4 is 4.72 Å². The van der Waals surface area contributed by atoms with Crippen LogP contribution in [0.2, 0.25) is 0 Å². The second kappa shape index (κ2) is 5.67. The van der Waals surface area contributed by atoms with Crippen LogP contribution in [0.3, 0.4) is 0 Å². The summed E-state index contributed by atoms with van der Waals surface area (Å²) in [5, 5.41) is 8.96. The Labute approximate surface area is 104 Å². The van der Waals surface area contributed by atoms with Gasteiger partial charge in [0.2, 0.25) is 10.0 Å². The second-order valence-corrected chi connectivity index (χ2v) is 7.30. The molecule has 0 aromatic rings.